The molecule has 0 atom stereocenters. The summed E-state index contributed by atoms with van der Waals surface area (Å²) in [6.07, 6.45) is 0. The van der Waals surface area contributed by atoms with Gasteiger partial charge in [-0.15, -0.1) is 0 Å². The van der Waals surface area contributed by atoms with Gasteiger partial charge in [0.05, 0.1) is 33.1 Å². The van der Waals surface area contributed by atoms with Gasteiger partial charge in [0.2, 0.25) is 0 Å². The standard InChI is InChI=1S/C78H50N4/c1-7-23-53(24-8-1)69-73-65-39-19-37-63-72-62(52-45-49-60(50-46-52)80(57-31-15-5-16-32-57)58-33-17-6-18-34-58)36-22-42-68(72)82(75(63)65)78(73)70(54-25-9-2-10-26-54)74-66-40-20-38-64-71-61(35-21-41-67(71)81(76(64)66)77(69)74)51-43-47-59(48-44-51)79(55-27-11-3-12-28-55)56-29-13-4-14-30-56/h1-50H. The van der Waals surface area contributed by atoms with Gasteiger partial charge in [0, 0.05) is 88.3 Å². The van der Waals surface area contributed by atoms with E-state index in [1.807, 2.05) is 0 Å². The first-order valence-corrected chi connectivity index (χ1v) is 28.3. The number of hydrogen-bond acceptors (Lipinski definition) is 2. The molecule has 4 nitrogen and oxygen atoms in total. The molecule has 4 aromatic heterocycles. The first-order valence-electron chi connectivity index (χ1n) is 28.3. The Morgan fingerprint density at radius 1 is 0.195 bits per heavy atom. The minimum atomic E-state index is 1.11. The van der Waals surface area contributed by atoms with Gasteiger partial charge in [-0.05, 0) is 118 Å². The molecule has 17 rings (SSSR count). The summed E-state index contributed by atoms with van der Waals surface area (Å²) < 4.78 is 5.25. The highest BCUT2D eigenvalue weighted by atomic mass is 15.1. The number of benzene rings is 13. The minimum absolute atomic E-state index is 1.11. The fourth-order valence-electron chi connectivity index (χ4n) is 13.8. The SMILES string of the molecule is c1ccc(-c2c3c4cccc5c6c(-c7ccc(N(c8ccccc8)c8ccccc8)cc7)cccc6n(c3c(-c3ccccc3)c3c6cccc7c8c(-c9ccc(N(c%10ccccc%10)c%10ccccc%10)cc9)cccc8n(c23)c76)c54)cc1. The number of para-hydroxylation sites is 6. The van der Waals surface area contributed by atoms with Crippen molar-refractivity contribution in [3.63, 3.8) is 0 Å². The highest BCUT2D eigenvalue weighted by molar-refractivity contribution is 6.39. The topological polar surface area (TPSA) is 15.3 Å². The van der Waals surface area contributed by atoms with E-state index < -0.39 is 0 Å². The van der Waals surface area contributed by atoms with Crippen LogP contribution in [0.25, 0.3) is 121 Å². The van der Waals surface area contributed by atoms with Gasteiger partial charge in [-0.3, -0.25) is 0 Å². The van der Waals surface area contributed by atoms with Crippen molar-refractivity contribution in [1.29, 1.82) is 0 Å². The molecular weight excluding hydrogens is 993 g/mol. The average molecular weight is 1040 g/mol. The quantitative estimate of drug-likeness (QED) is 0.136. The van der Waals surface area contributed by atoms with Crippen molar-refractivity contribution >= 4 is 110 Å². The molecule has 0 bridgehead atoms. The summed E-state index contributed by atoms with van der Waals surface area (Å²) in [5.41, 5.74) is 23.7. The van der Waals surface area contributed by atoms with E-state index in [1.165, 1.54) is 121 Å². The van der Waals surface area contributed by atoms with E-state index in [1.54, 1.807) is 0 Å². The summed E-state index contributed by atoms with van der Waals surface area (Å²) in [4.78, 5) is 4.66. The van der Waals surface area contributed by atoms with Gasteiger partial charge in [-0.25, -0.2) is 0 Å². The number of aromatic nitrogens is 2. The molecule has 382 valence electrons. The average Bonchev–Trinajstić information content (AvgIpc) is 1.82. The molecule has 0 aliphatic carbocycles. The van der Waals surface area contributed by atoms with Crippen LogP contribution in [-0.2, 0) is 0 Å². The van der Waals surface area contributed by atoms with E-state index in [0.717, 1.165) is 34.1 Å². The van der Waals surface area contributed by atoms with Crippen LogP contribution in [0.2, 0.25) is 0 Å². The predicted molar refractivity (Wildman–Crippen MR) is 347 cm³/mol. The fraction of sp³-hybridized carbons (Fsp3) is 0. The van der Waals surface area contributed by atoms with E-state index in [-0.39, 0.29) is 0 Å². The first kappa shape index (κ1) is 46.0. The van der Waals surface area contributed by atoms with Crippen molar-refractivity contribution in [2.75, 3.05) is 9.80 Å². The van der Waals surface area contributed by atoms with Crippen molar-refractivity contribution in [2.45, 2.75) is 0 Å². The second kappa shape index (κ2) is 18.3. The molecule has 17 aromatic rings. The molecule has 0 saturated heterocycles. The van der Waals surface area contributed by atoms with E-state index in [9.17, 15) is 0 Å². The smallest absolute Gasteiger partial charge is 0.0634 e. The highest BCUT2D eigenvalue weighted by Crippen LogP contribution is 2.55. The lowest BCUT2D eigenvalue weighted by Crippen LogP contribution is -2.09. The fourth-order valence-corrected chi connectivity index (χ4v) is 13.8. The molecule has 0 aliphatic rings. The van der Waals surface area contributed by atoms with Gasteiger partial charge in [0.25, 0.3) is 0 Å². The summed E-state index contributed by atoms with van der Waals surface area (Å²) in [6.45, 7) is 0. The Balaban J connectivity index is 0.925. The van der Waals surface area contributed by atoms with Crippen LogP contribution in [0, 0.1) is 0 Å². The van der Waals surface area contributed by atoms with Crippen LogP contribution < -0.4 is 9.80 Å². The Labute approximate surface area is 474 Å². The van der Waals surface area contributed by atoms with E-state index >= 15 is 0 Å². The van der Waals surface area contributed by atoms with Crippen LogP contribution in [0.4, 0.5) is 34.1 Å². The third-order valence-electron chi connectivity index (χ3n) is 17.1. The first-order chi connectivity index (χ1) is 40.8. The zero-order valence-corrected chi connectivity index (χ0v) is 44.7. The van der Waals surface area contributed by atoms with Crippen molar-refractivity contribution in [3.05, 3.63) is 303 Å². The number of hydrogen-bond donors (Lipinski definition) is 0. The zero-order chi connectivity index (χ0) is 53.8. The van der Waals surface area contributed by atoms with Crippen molar-refractivity contribution < 1.29 is 0 Å². The van der Waals surface area contributed by atoms with Gasteiger partial charge in [0.1, 0.15) is 0 Å². The number of anilines is 6. The monoisotopic (exact) mass is 1040 g/mol. The third-order valence-corrected chi connectivity index (χ3v) is 17.1. The van der Waals surface area contributed by atoms with Crippen LogP contribution in [0.3, 0.4) is 0 Å². The normalized spacial score (nSPS) is 11.9. The molecule has 0 aliphatic heterocycles. The minimum Gasteiger partial charge on any atom is -0.311 e. The van der Waals surface area contributed by atoms with Gasteiger partial charge in [-0.2, -0.15) is 0 Å². The maximum Gasteiger partial charge on any atom is 0.0634 e. The van der Waals surface area contributed by atoms with Gasteiger partial charge in [-0.1, -0.05) is 218 Å². The van der Waals surface area contributed by atoms with Crippen LogP contribution in [-0.4, -0.2) is 8.80 Å². The molecule has 13 aromatic carbocycles. The highest BCUT2D eigenvalue weighted by Gasteiger charge is 2.31. The Kier molecular flexibility index (Phi) is 10.3. The molecule has 0 saturated carbocycles. The van der Waals surface area contributed by atoms with Crippen LogP contribution >= 0.6 is 0 Å². The molecule has 0 unspecified atom stereocenters. The molecule has 4 heterocycles. The van der Waals surface area contributed by atoms with Crippen LogP contribution in [0.15, 0.2) is 303 Å². The third kappa shape index (κ3) is 6.79. The Morgan fingerprint density at radius 2 is 0.476 bits per heavy atom. The van der Waals surface area contributed by atoms with E-state index in [2.05, 4.69) is 322 Å². The number of nitrogens with zero attached hydrogens (tertiary/aromatic N) is 4. The summed E-state index contributed by atoms with van der Waals surface area (Å²) in [7, 11) is 0. The zero-order valence-electron chi connectivity index (χ0n) is 44.7. The summed E-state index contributed by atoms with van der Waals surface area (Å²) in [6, 6.07) is 111. The summed E-state index contributed by atoms with van der Waals surface area (Å²) in [5, 5.41) is 10.0. The lowest BCUT2D eigenvalue weighted by atomic mass is 9.89. The Bertz CT molecular complexity index is 4800. The second-order valence-electron chi connectivity index (χ2n) is 21.5. The Hall–Kier alpha value is -10.9. The van der Waals surface area contributed by atoms with Gasteiger partial charge < -0.3 is 18.6 Å². The molecule has 0 radical (unpaired) electrons. The summed E-state index contributed by atoms with van der Waals surface area (Å²) >= 11 is 0. The van der Waals surface area contributed by atoms with Gasteiger partial charge >= 0.3 is 0 Å². The predicted octanol–water partition coefficient (Wildman–Crippen LogP) is 21.6. The second-order valence-corrected chi connectivity index (χ2v) is 21.5. The molecule has 0 fully saturated rings. The summed E-state index contributed by atoms with van der Waals surface area (Å²) in [5.74, 6) is 0. The van der Waals surface area contributed by atoms with E-state index in [0.29, 0.717) is 0 Å². The number of fused-ring (bicyclic) bond motifs is 12. The van der Waals surface area contributed by atoms with E-state index in [4.69, 9.17) is 0 Å². The van der Waals surface area contributed by atoms with Crippen molar-refractivity contribution in [2.24, 2.45) is 0 Å². The molecule has 82 heavy (non-hydrogen) atoms. The molecule has 0 spiro atoms. The van der Waals surface area contributed by atoms with Crippen molar-refractivity contribution in [3.8, 4) is 44.5 Å². The van der Waals surface area contributed by atoms with Crippen molar-refractivity contribution in [1.82, 2.24) is 8.80 Å². The maximum atomic E-state index is 2.62. The van der Waals surface area contributed by atoms with Gasteiger partial charge in [0.15, 0.2) is 0 Å². The number of rotatable bonds is 10. The lowest BCUT2D eigenvalue weighted by molar-refractivity contribution is 1.28. The van der Waals surface area contributed by atoms with Crippen LogP contribution in [0.5, 0.6) is 0 Å². The lowest BCUT2D eigenvalue weighted by Gasteiger charge is -2.25. The molecule has 4 heteroatoms. The molecule has 0 N–H and O–H groups in total. The Morgan fingerprint density at radius 3 is 0.805 bits per heavy atom. The largest absolute Gasteiger partial charge is 0.311 e. The molecule has 0 amide bonds. The molecular formula is C78H50N4. The maximum absolute atomic E-state index is 2.62. The van der Waals surface area contributed by atoms with Crippen LogP contribution in [0.1, 0.15) is 0 Å².